The summed E-state index contributed by atoms with van der Waals surface area (Å²) < 4.78 is 11.4. The van der Waals surface area contributed by atoms with Crippen molar-refractivity contribution in [1.29, 1.82) is 0 Å². The number of Topliss-reactive ketones (excluding diaryl/α,β-unsaturated/α-hetero) is 1. The smallest absolute Gasteiger partial charge is 0.295 e. The summed E-state index contributed by atoms with van der Waals surface area (Å²) >= 11 is 0. The number of likely N-dealkylation sites (tertiary alicyclic amines) is 1. The second kappa shape index (κ2) is 13.1. The van der Waals surface area contributed by atoms with Gasteiger partial charge in [-0.05, 0) is 69.2 Å². The van der Waals surface area contributed by atoms with Gasteiger partial charge in [-0.1, -0.05) is 45.0 Å². The summed E-state index contributed by atoms with van der Waals surface area (Å²) in [6, 6.07) is 13.7. The molecule has 3 rings (SSSR count). The largest absolute Gasteiger partial charge is 0.507 e. The van der Waals surface area contributed by atoms with Crippen LogP contribution in [-0.4, -0.2) is 66.0 Å². The molecule has 0 aromatic heterocycles. The van der Waals surface area contributed by atoms with Crippen LogP contribution in [0.15, 0.2) is 54.1 Å². The molecule has 194 valence electrons. The molecule has 36 heavy (non-hydrogen) atoms. The topological polar surface area (TPSA) is 79.3 Å². The third-order valence-corrected chi connectivity index (χ3v) is 6.37. The van der Waals surface area contributed by atoms with Gasteiger partial charge in [0.1, 0.15) is 17.3 Å². The van der Waals surface area contributed by atoms with Crippen molar-refractivity contribution in [2.24, 2.45) is 0 Å². The van der Waals surface area contributed by atoms with E-state index in [1.807, 2.05) is 38.1 Å². The molecule has 1 atom stereocenters. The van der Waals surface area contributed by atoms with Gasteiger partial charge >= 0.3 is 0 Å². The van der Waals surface area contributed by atoms with E-state index in [1.54, 1.807) is 29.2 Å². The Labute approximate surface area is 214 Å². The van der Waals surface area contributed by atoms with Gasteiger partial charge < -0.3 is 24.4 Å². The Bertz CT molecular complexity index is 1080. The second-order valence-electron chi connectivity index (χ2n) is 8.75. The van der Waals surface area contributed by atoms with Gasteiger partial charge in [0.15, 0.2) is 0 Å². The third-order valence-electron chi connectivity index (χ3n) is 6.37. The number of amides is 1. The maximum Gasteiger partial charge on any atom is 0.295 e. The van der Waals surface area contributed by atoms with Crippen LogP contribution in [0.2, 0.25) is 0 Å². The van der Waals surface area contributed by atoms with Gasteiger partial charge in [-0.3, -0.25) is 9.59 Å². The molecule has 2 aromatic carbocycles. The van der Waals surface area contributed by atoms with Crippen LogP contribution in [0, 0.1) is 0 Å². The van der Waals surface area contributed by atoms with Gasteiger partial charge in [-0.25, -0.2) is 0 Å². The lowest BCUT2D eigenvalue weighted by atomic mass is 9.95. The maximum absolute atomic E-state index is 13.3. The molecule has 1 saturated heterocycles. The molecular formula is C29H38N2O5. The number of benzene rings is 2. The summed E-state index contributed by atoms with van der Waals surface area (Å²) in [7, 11) is 0. The van der Waals surface area contributed by atoms with Gasteiger partial charge in [0.05, 0.1) is 24.8 Å². The predicted octanol–water partition coefficient (Wildman–Crippen LogP) is 5.03. The standard InChI is InChI=1S/C29H38N2O5/c1-5-18-36-24-15-9-12-21(19-24)26-25(27(32)22-13-10-14-23(20-22)35-8-4)28(33)29(34)31(26)17-11-16-30(6-2)7-3/h9-10,12-15,19-20,26,32H,5-8,11,16-18H2,1-4H3/b27-25+. The van der Waals surface area contributed by atoms with Crippen LogP contribution in [0.1, 0.15) is 57.7 Å². The summed E-state index contributed by atoms with van der Waals surface area (Å²) in [5.41, 5.74) is 1.25. The number of ether oxygens (including phenoxy) is 2. The fraction of sp³-hybridized carbons (Fsp3) is 0.448. The normalized spacial score (nSPS) is 17.1. The molecule has 7 heteroatoms. The van der Waals surface area contributed by atoms with Crippen LogP contribution in [-0.2, 0) is 9.59 Å². The Morgan fingerprint density at radius 2 is 1.67 bits per heavy atom. The van der Waals surface area contributed by atoms with Crippen LogP contribution >= 0.6 is 0 Å². The molecule has 7 nitrogen and oxygen atoms in total. The lowest BCUT2D eigenvalue weighted by Crippen LogP contribution is -2.33. The fourth-order valence-electron chi connectivity index (χ4n) is 4.51. The average Bonchev–Trinajstić information content (AvgIpc) is 3.15. The summed E-state index contributed by atoms with van der Waals surface area (Å²) in [5.74, 6) is -0.224. The molecule has 1 heterocycles. The number of hydrogen-bond donors (Lipinski definition) is 1. The van der Waals surface area contributed by atoms with Gasteiger partial charge in [-0.2, -0.15) is 0 Å². The van der Waals surface area contributed by atoms with E-state index in [4.69, 9.17) is 9.47 Å². The number of aliphatic hydroxyl groups excluding tert-OH is 1. The maximum atomic E-state index is 13.3. The molecule has 0 spiro atoms. The molecular weight excluding hydrogens is 456 g/mol. The Kier molecular flexibility index (Phi) is 9.94. The van der Waals surface area contributed by atoms with Gasteiger partial charge in [0, 0.05) is 12.1 Å². The van der Waals surface area contributed by atoms with Crippen LogP contribution < -0.4 is 9.47 Å². The number of rotatable bonds is 13. The average molecular weight is 495 g/mol. The highest BCUT2D eigenvalue weighted by Gasteiger charge is 2.46. The van der Waals surface area contributed by atoms with Crippen molar-refractivity contribution in [1.82, 2.24) is 9.80 Å². The second-order valence-corrected chi connectivity index (χ2v) is 8.75. The first kappa shape index (κ1) is 27.3. The fourth-order valence-corrected chi connectivity index (χ4v) is 4.51. The third kappa shape index (κ3) is 6.26. The zero-order chi connectivity index (χ0) is 26.1. The quantitative estimate of drug-likeness (QED) is 0.239. The SMILES string of the molecule is CCCOc1cccc(C2/C(=C(\O)c3cccc(OCC)c3)C(=O)C(=O)N2CCCN(CC)CC)c1. The Hall–Kier alpha value is -3.32. The molecule has 0 radical (unpaired) electrons. The van der Waals surface area contributed by atoms with E-state index < -0.39 is 17.7 Å². The van der Waals surface area contributed by atoms with Crippen molar-refractivity contribution < 1.29 is 24.2 Å². The molecule has 2 aromatic rings. The minimum absolute atomic E-state index is 0.0872. The summed E-state index contributed by atoms with van der Waals surface area (Å²) in [6.45, 7) is 12.2. The molecule has 1 unspecified atom stereocenters. The summed E-state index contributed by atoms with van der Waals surface area (Å²) in [4.78, 5) is 30.4. The summed E-state index contributed by atoms with van der Waals surface area (Å²) in [5, 5.41) is 11.3. The number of aliphatic hydroxyl groups is 1. The number of carbonyl (C=O) groups excluding carboxylic acids is 2. The zero-order valence-corrected chi connectivity index (χ0v) is 21.8. The first-order valence-electron chi connectivity index (χ1n) is 12.9. The molecule has 1 N–H and O–H groups in total. The minimum Gasteiger partial charge on any atom is -0.507 e. The first-order chi connectivity index (χ1) is 17.4. The molecule has 1 aliphatic rings. The zero-order valence-electron chi connectivity index (χ0n) is 21.8. The van der Waals surface area contributed by atoms with Gasteiger partial charge in [0.25, 0.3) is 11.7 Å². The molecule has 1 amide bonds. The van der Waals surface area contributed by atoms with E-state index in [9.17, 15) is 14.7 Å². The molecule has 0 saturated carbocycles. The predicted molar refractivity (Wildman–Crippen MR) is 141 cm³/mol. The van der Waals surface area contributed by atoms with E-state index in [0.717, 1.165) is 38.0 Å². The van der Waals surface area contributed by atoms with Crippen LogP contribution in [0.3, 0.4) is 0 Å². The molecule has 0 bridgehead atoms. The highest BCUT2D eigenvalue weighted by molar-refractivity contribution is 6.46. The monoisotopic (exact) mass is 494 g/mol. The molecule has 1 aliphatic heterocycles. The van der Waals surface area contributed by atoms with Crippen molar-refractivity contribution in [3.8, 4) is 11.5 Å². The van der Waals surface area contributed by atoms with E-state index in [-0.39, 0.29) is 11.3 Å². The number of ketones is 1. The number of carbonyl (C=O) groups is 2. The van der Waals surface area contributed by atoms with Crippen molar-refractivity contribution in [2.45, 2.75) is 46.6 Å². The number of nitrogens with zero attached hydrogens (tertiary/aromatic N) is 2. The van der Waals surface area contributed by atoms with Gasteiger partial charge in [0.2, 0.25) is 0 Å². The van der Waals surface area contributed by atoms with Crippen LogP contribution in [0.5, 0.6) is 11.5 Å². The van der Waals surface area contributed by atoms with Gasteiger partial charge in [-0.15, -0.1) is 0 Å². The van der Waals surface area contributed by atoms with Crippen molar-refractivity contribution in [3.05, 3.63) is 65.2 Å². The Morgan fingerprint density at radius 3 is 2.33 bits per heavy atom. The first-order valence-corrected chi connectivity index (χ1v) is 12.9. The van der Waals surface area contributed by atoms with Crippen molar-refractivity contribution in [3.63, 3.8) is 0 Å². The minimum atomic E-state index is -0.706. The summed E-state index contributed by atoms with van der Waals surface area (Å²) in [6.07, 6.45) is 1.58. The molecule has 1 fully saturated rings. The van der Waals surface area contributed by atoms with Crippen molar-refractivity contribution in [2.75, 3.05) is 39.4 Å². The highest BCUT2D eigenvalue weighted by Crippen LogP contribution is 2.40. The van der Waals surface area contributed by atoms with E-state index in [0.29, 0.717) is 36.8 Å². The Balaban J connectivity index is 2.05. The van der Waals surface area contributed by atoms with Crippen LogP contribution in [0.4, 0.5) is 0 Å². The van der Waals surface area contributed by atoms with Crippen LogP contribution in [0.25, 0.3) is 5.76 Å². The highest BCUT2D eigenvalue weighted by atomic mass is 16.5. The van der Waals surface area contributed by atoms with E-state index in [2.05, 4.69) is 18.7 Å². The molecule has 0 aliphatic carbocycles. The number of hydrogen-bond acceptors (Lipinski definition) is 6. The lowest BCUT2D eigenvalue weighted by molar-refractivity contribution is -0.140. The van der Waals surface area contributed by atoms with E-state index >= 15 is 0 Å². The Morgan fingerprint density at radius 1 is 0.972 bits per heavy atom. The van der Waals surface area contributed by atoms with E-state index in [1.165, 1.54) is 0 Å². The lowest BCUT2D eigenvalue weighted by Gasteiger charge is -2.27. The van der Waals surface area contributed by atoms with Crippen molar-refractivity contribution >= 4 is 17.4 Å².